The van der Waals surface area contributed by atoms with Crippen molar-refractivity contribution in [1.82, 2.24) is 10.2 Å². The van der Waals surface area contributed by atoms with Crippen molar-refractivity contribution in [2.24, 2.45) is 0 Å². The fourth-order valence-corrected chi connectivity index (χ4v) is 3.21. The predicted octanol–water partition coefficient (Wildman–Crippen LogP) is 2.86. The van der Waals surface area contributed by atoms with Crippen LogP contribution in [0.1, 0.15) is 59.2 Å². The van der Waals surface area contributed by atoms with Crippen LogP contribution in [0.5, 0.6) is 0 Å². The van der Waals surface area contributed by atoms with E-state index in [0.717, 1.165) is 13.0 Å². The Bertz CT molecular complexity index is 536. The number of ether oxygens (including phenoxy) is 1. The summed E-state index contributed by atoms with van der Waals surface area (Å²) in [5.74, 6) is -0.501. The average Bonchev–Trinajstić information content (AvgIpc) is 2.65. The average molecular weight is 332 g/mol. The third-order valence-electron chi connectivity index (χ3n) is 4.74. The van der Waals surface area contributed by atoms with Crippen LogP contribution in [-0.4, -0.2) is 50.1 Å². The molecule has 0 heterocycles. The van der Waals surface area contributed by atoms with Gasteiger partial charge in [0.25, 0.3) is 5.91 Å². The summed E-state index contributed by atoms with van der Waals surface area (Å²) in [6.07, 6.45) is 7.60. The van der Waals surface area contributed by atoms with Crippen molar-refractivity contribution in [1.29, 1.82) is 0 Å². The number of carbonyl (C=O) groups excluding carboxylic acids is 2. The Balaban J connectivity index is 1.70. The largest absolute Gasteiger partial charge is 0.465 e. The molecular weight excluding hydrogens is 304 g/mol. The Morgan fingerprint density at radius 3 is 2.38 bits per heavy atom. The Morgan fingerprint density at radius 2 is 1.75 bits per heavy atom. The van der Waals surface area contributed by atoms with Crippen LogP contribution in [0.4, 0.5) is 0 Å². The number of amides is 1. The van der Waals surface area contributed by atoms with E-state index in [9.17, 15) is 9.59 Å². The molecule has 132 valence electrons. The lowest BCUT2D eigenvalue weighted by Crippen LogP contribution is -2.35. The SMILES string of the molecule is COC(=O)c1ccc(C(=O)NCCCN(C)C2CCCCC2)cc1. The van der Waals surface area contributed by atoms with E-state index in [0.29, 0.717) is 23.7 Å². The van der Waals surface area contributed by atoms with E-state index in [-0.39, 0.29) is 5.91 Å². The Hall–Kier alpha value is -1.88. The van der Waals surface area contributed by atoms with Crippen molar-refractivity contribution in [2.45, 2.75) is 44.6 Å². The van der Waals surface area contributed by atoms with Gasteiger partial charge < -0.3 is 15.0 Å². The van der Waals surface area contributed by atoms with Gasteiger partial charge in [-0.1, -0.05) is 19.3 Å². The molecule has 0 aromatic heterocycles. The highest BCUT2D eigenvalue weighted by atomic mass is 16.5. The van der Waals surface area contributed by atoms with Crippen molar-refractivity contribution in [3.05, 3.63) is 35.4 Å². The quantitative estimate of drug-likeness (QED) is 0.616. The normalized spacial score (nSPS) is 15.3. The van der Waals surface area contributed by atoms with Gasteiger partial charge >= 0.3 is 5.97 Å². The second-order valence-electron chi connectivity index (χ2n) is 6.45. The molecule has 5 heteroatoms. The third-order valence-corrected chi connectivity index (χ3v) is 4.74. The van der Waals surface area contributed by atoms with Gasteiger partial charge in [-0.05, 0) is 57.1 Å². The van der Waals surface area contributed by atoms with Crippen LogP contribution in [0.2, 0.25) is 0 Å². The summed E-state index contributed by atoms with van der Waals surface area (Å²) < 4.78 is 4.64. The number of hydrogen-bond acceptors (Lipinski definition) is 4. The number of methoxy groups -OCH3 is 1. The second-order valence-corrected chi connectivity index (χ2v) is 6.45. The molecule has 0 saturated heterocycles. The van der Waals surface area contributed by atoms with Crippen LogP contribution in [-0.2, 0) is 4.74 Å². The number of esters is 1. The molecule has 1 aliphatic carbocycles. The zero-order chi connectivity index (χ0) is 17.4. The standard InChI is InChI=1S/C19H28N2O3/c1-21(17-7-4-3-5-8-17)14-6-13-20-18(22)15-9-11-16(12-10-15)19(23)24-2/h9-12,17H,3-8,13-14H2,1-2H3,(H,20,22). The van der Waals surface area contributed by atoms with Crippen molar-refractivity contribution < 1.29 is 14.3 Å². The Morgan fingerprint density at radius 1 is 1.12 bits per heavy atom. The van der Waals surface area contributed by atoms with Gasteiger partial charge in [0, 0.05) is 18.2 Å². The lowest BCUT2D eigenvalue weighted by molar-refractivity contribution is 0.0600. The summed E-state index contributed by atoms with van der Waals surface area (Å²) in [6.45, 7) is 1.67. The van der Waals surface area contributed by atoms with Crippen molar-refractivity contribution in [3.63, 3.8) is 0 Å². The third kappa shape index (κ3) is 5.34. The molecule has 0 aliphatic heterocycles. The molecule has 1 saturated carbocycles. The van der Waals surface area contributed by atoms with Crippen molar-refractivity contribution in [2.75, 3.05) is 27.2 Å². The van der Waals surface area contributed by atoms with E-state index in [2.05, 4.69) is 22.0 Å². The van der Waals surface area contributed by atoms with Gasteiger partial charge in [0.1, 0.15) is 0 Å². The van der Waals surface area contributed by atoms with Gasteiger partial charge in [0.2, 0.25) is 0 Å². The number of rotatable bonds is 7. The van der Waals surface area contributed by atoms with Gasteiger partial charge in [-0.15, -0.1) is 0 Å². The second kappa shape index (κ2) is 9.42. The van der Waals surface area contributed by atoms with Crippen LogP contribution in [0.3, 0.4) is 0 Å². The van der Waals surface area contributed by atoms with Gasteiger partial charge in [0.15, 0.2) is 0 Å². The minimum absolute atomic E-state index is 0.105. The minimum Gasteiger partial charge on any atom is -0.465 e. The van der Waals surface area contributed by atoms with E-state index >= 15 is 0 Å². The first kappa shape index (κ1) is 18.5. The molecule has 1 aliphatic rings. The summed E-state index contributed by atoms with van der Waals surface area (Å²) in [6, 6.07) is 7.22. The summed E-state index contributed by atoms with van der Waals surface area (Å²) in [5.41, 5.74) is 1.01. The molecule has 0 unspecified atom stereocenters. The van der Waals surface area contributed by atoms with E-state index in [4.69, 9.17) is 0 Å². The molecule has 2 rings (SSSR count). The van der Waals surface area contributed by atoms with E-state index in [1.54, 1.807) is 24.3 Å². The van der Waals surface area contributed by atoms with E-state index < -0.39 is 5.97 Å². The number of carbonyl (C=O) groups is 2. The molecule has 0 atom stereocenters. The maximum Gasteiger partial charge on any atom is 0.337 e. The topological polar surface area (TPSA) is 58.6 Å². The highest BCUT2D eigenvalue weighted by Gasteiger charge is 2.17. The van der Waals surface area contributed by atoms with Gasteiger partial charge in [0.05, 0.1) is 12.7 Å². The maximum atomic E-state index is 12.1. The predicted molar refractivity (Wildman–Crippen MR) is 94.2 cm³/mol. The number of benzene rings is 1. The Kier molecular flexibility index (Phi) is 7.25. The summed E-state index contributed by atoms with van der Waals surface area (Å²) in [4.78, 5) is 25.9. The van der Waals surface area contributed by atoms with Crippen LogP contribution >= 0.6 is 0 Å². The first-order chi connectivity index (χ1) is 11.6. The first-order valence-electron chi connectivity index (χ1n) is 8.78. The molecule has 5 nitrogen and oxygen atoms in total. The van der Waals surface area contributed by atoms with Crippen molar-refractivity contribution >= 4 is 11.9 Å². The van der Waals surface area contributed by atoms with Crippen LogP contribution in [0, 0.1) is 0 Å². The van der Waals surface area contributed by atoms with E-state index in [1.165, 1.54) is 39.2 Å². The first-order valence-corrected chi connectivity index (χ1v) is 8.78. The summed E-state index contributed by atoms with van der Waals surface area (Å²) >= 11 is 0. The number of hydrogen-bond donors (Lipinski definition) is 1. The monoisotopic (exact) mass is 332 g/mol. The molecular formula is C19H28N2O3. The van der Waals surface area contributed by atoms with Gasteiger partial charge in [-0.25, -0.2) is 4.79 Å². The zero-order valence-electron chi connectivity index (χ0n) is 14.7. The van der Waals surface area contributed by atoms with Crippen LogP contribution in [0.15, 0.2) is 24.3 Å². The maximum absolute atomic E-state index is 12.1. The lowest BCUT2D eigenvalue weighted by Gasteiger charge is -2.31. The molecule has 1 fully saturated rings. The minimum atomic E-state index is -0.396. The lowest BCUT2D eigenvalue weighted by atomic mass is 9.94. The fraction of sp³-hybridized carbons (Fsp3) is 0.579. The summed E-state index contributed by atoms with van der Waals surface area (Å²) in [7, 11) is 3.52. The van der Waals surface area contributed by atoms with Gasteiger partial charge in [-0.3, -0.25) is 4.79 Å². The number of nitrogens with one attached hydrogen (secondary N) is 1. The Labute approximate surface area is 144 Å². The highest BCUT2D eigenvalue weighted by Crippen LogP contribution is 2.21. The van der Waals surface area contributed by atoms with E-state index in [1.807, 2.05) is 0 Å². The van der Waals surface area contributed by atoms with Crippen molar-refractivity contribution in [3.8, 4) is 0 Å². The number of nitrogens with zero attached hydrogens (tertiary/aromatic N) is 1. The van der Waals surface area contributed by atoms with Gasteiger partial charge in [-0.2, -0.15) is 0 Å². The highest BCUT2D eigenvalue weighted by molar-refractivity contribution is 5.96. The molecule has 0 spiro atoms. The smallest absolute Gasteiger partial charge is 0.337 e. The zero-order valence-corrected chi connectivity index (χ0v) is 14.7. The molecule has 1 aromatic rings. The van der Waals surface area contributed by atoms with Crippen LogP contribution in [0.25, 0.3) is 0 Å². The molecule has 0 radical (unpaired) electrons. The molecule has 0 bridgehead atoms. The fourth-order valence-electron chi connectivity index (χ4n) is 3.21. The molecule has 1 N–H and O–H groups in total. The van der Waals surface area contributed by atoms with Crippen LogP contribution < -0.4 is 5.32 Å². The molecule has 1 aromatic carbocycles. The summed E-state index contributed by atoms with van der Waals surface area (Å²) in [5, 5.41) is 2.94. The molecule has 1 amide bonds. The molecule has 24 heavy (non-hydrogen) atoms.